The first-order valence-corrected chi connectivity index (χ1v) is 8.88. The van der Waals surface area contributed by atoms with E-state index in [-0.39, 0.29) is 10.8 Å². The predicted octanol–water partition coefficient (Wildman–Crippen LogP) is 6.31. The van der Waals surface area contributed by atoms with Gasteiger partial charge in [0.2, 0.25) is 0 Å². The smallest absolute Gasteiger partial charge is 0.0101 e. The van der Waals surface area contributed by atoms with Crippen molar-refractivity contribution in [2.75, 3.05) is 0 Å². The van der Waals surface area contributed by atoms with Crippen LogP contribution in [0.25, 0.3) is 0 Å². The molecule has 0 heteroatoms. The molecule has 2 aromatic carbocycles. The Morgan fingerprint density at radius 2 is 1.33 bits per heavy atom. The average molecular weight is 316 g/mol. The summed E-state index contributed by atoms with van der Waals surface area (Å²) < 4.78 is 0. The van der Waals surface area contributed by atoms with E-state index >= 15 is 0 Å². The molecule has 3 rings (SSSR count). The van der Waals surface area contributed by atoms with Crippen molar-refractivity contribution in [1.29, 1.82) is 0 Å². The highest BCUT2D eigenvalue weighted by molar-refractivity contribution is 5.35. The van der Waals surface area contributed by atoms with Crippen LogP contribution < -0.4 is 0 Å². The molecule has 1 aliphatic rings. The number of rotatable bonds is 4. The minimum absolute atomic E-state index is 0.109. The van der Waals surface area contributed by atoms with E-state index in [0.717, 1.165) is 12.8 Å². The highest BCUT2D eigenvalue weighted by Gasteiger charge is 2.32. The Morgan fingerprint density at radius 1 is 0.708 bits per heavy atom. The van der Waals surface area contributed by atoms with Crippen molar-refractivity contribution >= 4 is 0 Å². The van der Waals surface area contributed by atoms with E-state index in [9.17, 15) is 0 Å². The Hall–Kier alpha value is -2.08. The fraction of sp³-hybridized carbons (Fsp3) is 0.333. The molecule has 0 bridgehead atoms. The van der Waals surface area contributed by atoms with Crippen LogP contribution in [0.2, 0.25) is 0 Å². The monoisotopic (exact) mass is 316 g/mol. The maximum Gasteiger partial charge on any atom is 0.0101 e. The molecule has 0 spiro atoms. The third kappa shape index (κ3) is 3.70. The molecule has 0 heterocycles. The van der Waals surface area contributed by atoms with Gasteiger partial charge < -0.3 is 0 Å². The third-order valence-electron chi connectivity index (χ3n) is 5.40. The van der Waals surface area contributed by atoms with Gasteiger partial charge in [0.1, 0.15) is 0 Å². The highest BCUT2D eigenvalue weighted by atomic mass is 14.4. The maximum absolute atomic E-state index is 2.48. The van der Waals surface area contributed by atoms with Crippen LogP contribution in [0.4, 0.5) is 0 Å². The first kappa shape index (κ1) is 16.8. The number of aryl methyl sites for hydroxylation is 1. The lowest BCUT2D eigenvalue weighted by atomic mass is 9.68. The molecule has 0 N–H and O–H groups in total. The zero-order valence-electron chi connectivity index (χ0n) is 15.3. The van der Waals surface area contributed by atoms with E-state index in [2.05, 4.69) is 101 Å². The molecule has 1 aliphatic carbocycles. The largest absolute Gasteiger partial charge is 0.0776 e. The van der Waals surface area contributed by atoms with Crippen molar-refractivity contribution in [3.8, 4) is 0 Å². The van der Waals surface area contributed by atoms with E-state index < -0.39 is 0 Å². The molecule has 0 aromatic heterocycles. The summed E-state index contributed by atoms with van der Waals surface area (Å²) in [6.45, 7) is 9.13. The van der Waals surface area contributed by atoms with Crippen LogP contribution in [0.5, 0.6) is 0 Å². The van der Waals surface area contributed by atoms with E-state index in [1.165, 1.54) is 22.3 Å². The van der Waals surface area contributed by atoms with E-state index in [0.29, 0.717) is 0 Å². The van der Waals surface area contributed by atoms with E-state index in [4.69, 9.17) is 0 Å². The summed E-state index contributed by atoms with van der Waals surface area (Å²) >= 11 is 0. The molecule has 0 aliphatic heterocycles. The average Bonchev–Trinajstić information content (AvgIpc) is 2.55. The van der Waals surface area contributed by atoms with Gasteiger partial charge in [-0.25, -0.2) is 0 Å². The summed E-state index contributed by atoms with van der Waals surface area (Å²) in [6.07, 6.45) is 9.45. The summed E-state index contributed by atoms with van der Waals surface area (Å²) in [6, 6.07) is 19.7. The van der Waals surface area contributed by atoms with Crippen molar-refractivity contribution in [2.24, 2.45) is 10.8 Å². The highest BCUT2D eigenvalue weighted by Crippen LogP contribution is 2.42. The first-order valence-electron chi connectivity index (χ1n) is 8.88. The molecule has 0 nitrogen and oxygen atoms in total. The van der Waals surface area contributed by atoms with Crippen molar-refractivity contribution < 1.29 is 0 Å². The van der Waals surface area contributed by atoms with Gasteiger partial charge >= 0.3 is 0 Å². The van der Waals surface area contributed by atoms with Gasteiger partial charge in [-0.1, -0.05) is 97.8 Å². The van der Waals surface area contributed by atoms with E-state index in [1.807, 2.05) is 0 Å². The van der Waals surface area contributed by atoms with Crippen LogP contribution in [0, 0.1) is 17.8 Å². The van der Waals surface area contributed by atoms with Crippen molar-refractivity contribution in [1.82, 2.24) is 0 Å². The van der Waals surface area contributed by atoms with Crippen LogP contribution in [-0.4, -0.2) is 0 Å². The quantitative estimate of drug-likeness (QED) is 0.580. The Labute approximate surface area is 146 Å². The summed E-state index contributed by atoms with van der Waals surface area (Å²) in [5.74, 6) is 0. The van der Waals surface area contributed by atoms with Gasteiger partial charge in [0.25, 0.3) is 0 Å². The van der Waals surface area contributed by atoms with Gasteiger partial charge in [-0.05, 0) is 37.8 Å². The van der Waals surface area contributed by atoms with Crippen LogP contribution in [0.15, 0.2) is 78.4 Å². The molecular formula is C24H28. The maximum atomic E-state index is 2.48. The molecule has 2 unspecified atom stereocenters. The minimum Gasteiger partial charge on any atom is -0.0776 e. The zero-order valence-corrected chi connectivity index (χ0v) is 15.3. The normalized spacial score (nSPS) is 26.2. The number of hydrogen-bond donors (Lipinski definition) is 0. The molecular weight excluding hydrogens is 288 g/mol. The Kier molecular flexibility index (Phi) is 4.49. The fourth-order valence-corrected chi connectivity index (χ4v) is 3.69. The molecule has 0 amide bonds. The second-order valence-corrected chi connectivity index (χ2v) is 7.91. The predicted molar refractivity (Wildman–Crippen MR) is 104 cm³/mol. The molecule has 0 radical (unpaired) electrons. The Morgan fingerprint density at radius 3 is 1.96 bits per heavy atom. The second kappa shape index (κ2) is 6.43. The van der Waals surface area contributed by atoms with Gasteiger partial charge in [0.15, 0.2) is 0 Å². The molecule has 0 fully saturated rings. The minimum atomic E-state index is 0.109. The molecule has 0 saturated carbocycles. The van der Waals surface area contributed by atoms with Gasteiger partial charge in [0.05, 0.1) is 0 Å². The third-order valence-corrected chi connectivity index (χ3v) is 5.40. The number of hydrogen-bond acceptors (Lipinski definition) is 0. The molecule has 24 heavy (non-hydrogen) atoms. The van der Waals surface area contributed by atoms with Crippen LogP contribution >= 0.6 is 0 Å². The molecule has 2 atom stereocenters. The second-order valence-electron chi connectivity index (χ2n) is 7.91. The lowest BCUT2D eigenvalue weighted by Crippen LogP contribution is -2.27. The van der Waals surface area contributed by atoms with Crippen molar-refractivity contribution in [3.63, 3.8) is 0 Å². The topological polar surface area (TPSA) is 0 Å². The van der Waals surface area contributed by atoms with Gasteiger partial charge in [0, 0.05) is 10.8 Å². The lowest BCUT2D eigenvalue weighted by Gasteiger charge is -2.37. The molecule has 2 aromatic rings. The molecule has 124 valence electrons. The summed E-state index contributed by atoms with van der Waals surface area (Å²) in [4.78, 5) is 0. The Bertz CT molecular complexity index is 748. The lowest BCUT2D eigenvalue weighted by molar-refractivity contribution is 0.444. The summed E-state index contributed by atoms with van der Waals surface area (Å²) in [7, 11) is 0. The standard InChI is InChI=1S/C24H28/c1-19-10-12-22(13-11-19)18-24(4)15-14-23(3,16-20(24)2)17-21-8-6-5-7-9-21/h5-16H,17-18H2,1-4H3. The first-order chi connectivity index (χ1) is 11.4. The van der Waals surface area contributed by atoms with Crippen LogP contribution in [-0.2, 0) is 12.8 Å². The zero-order chi connectivity index (χ0) is 17.2. The number of allylic oxidation sites excluding steroid dienone is 4. The Balaban J connectivity index is 1.79. The summed E-state index contributed by atoms with van der Waals surface area (Å²) in [5.41, 5.74) is 5.83. The number of benzene rings is 2. The van der Waals surface area contributed by atoms with Crippen LogP contribution in [0.3, 0.4) is 0 Å². The van der Waals surface area contributed by atoms with Crippen molar-refractivity contribution in [2.45, 2.75) is 40.5 Å². The van der Waals surface area contributed by atoms with Gasteiger partial charge in [-0.2, -0.15) is 0 Å². The SMILES string of the molecule is CC1=CC(C)(Cc2ccccc2)C=CC1(C)Cc1ccc(C)cc1. The summed E-state index contributed by atoms with van der Waals surface area (Å²) in [5, 5.41) is 0. The van der Waals surface area contributed by atoms with E-state index in [1.54, 1.807) is 0 Å². The fourth-order valence-electron chi connectivity index (χ4n) is 3.69. The van der Waals surface area contributed by atoms with Gasteiger partial charge in [-0.15, -0.1) is 0 Å². The van der Waals surface area contributed by atoms with Gasteiger partial charge in [-0.3, -0.25) is 0 Å². The van der Waals surface area contributed by atoms with Crippen LogP contribution in [0.1, 0.15) is 37.5 Å². The molecule has 0 saturated heterocycles. The van der Waals surface area contributed by atoms with Crippen molar-refractivity contribution in [3.05, 3.63) is 95.1 Å².